The van der Waals surface area contributed by atoms with Crippen LogP contribution in [0.3, 0.4) is 0 Å². The van der Waals surface area contributed by atoms with E-state index in [2.05, 4.69) is 25.3 Å². The van der Waals surface area contributed by atoms with Gasteiger partial charge < -0.3 is 24.7 Å². The second-order valence-electron chi connectivity index (χ2n) is 6.66. The molecule has 0 aliphatic rings. The molecule has 0 spiro atoms. The van der Waals surface area contributed by atoms with Crippen molar-refractivity contribution in [2.45, 2.75) is 26.6 Å². The van der Waals surface area contributed by atoms with Crippen molar-refractivity contribution in [2.75, 3.05) is 13.7 Å². The summed E-state index contributed by atoms with van der Waals surface area (Å²) in [6.45, 7) is -0.0795. The van der Waals surface area contributed by atoms with Gasteiger partial charge in [0.25, 0.3) is 0 Å². The maximum absolute atomic E-state index is 14.5. The summed E-state index contributed by atoms with van der Waals surface area (Å²) < 4.78 is 51.2. The number of benzene rings is 2. The molecule has 0 unspecified atom stereocenters. The number of nitrogens with zero attached hydrogens (tertiary/aromatic N) is 3. The van der Waals surface area contributed by atoms with Crippen LogP contribution in [0.4, 0.5) is 13.2 Å². The number of aliphatic imine (C=N–C) groups is 1. The van der Waals surface area contributed by atoms with E-state index in [1.165, 1.54) is 25.6 Å². The predicted octanol–water partition coefficient (Wildman–Crippen LogP) is 3.88. The molecular weight excluding hydrogens is 423 g/mol. The Bertz CT molecular complexity index is 1040. The van der Waals surface area contributed by atoms with Gasteiger partial charge >= 0.3 is 6.61 Å². The summed E-state index contributed by atoms with van der Waals surface area (Å²) in [5, 5.41) is 6.15. The molecular formula is C22H24F3N5O2. The lowest BCUT2D eigenvalue weighted by Crippen LogP contribution is -2.36. The summed E-state index contributed by atoms with van der Waals surface area (Å²) in [7, 11) is 1.49. The molecule has 10 heteroatoms. The van der Waals surface area contributed by atoms with Gasteiger partial charge in [-0.2, -0.15) is 8.78 Å². The molecule has 32 heavy (non-hydrogen) atoms. The first-order valence-corrected chi connectivity index (χ1v) is 9.90. The van der Waals surface area contributed by atoms with Crippen molar-refractivity contribution in [1.82, 2.24) is 20.2 Å². The predicted molar refractivity (Wildman–Crippen MR) is 115 cm³/mol. The van der Waals surface area contributed by atoms with Gasteiger partial charge in [0.1, 0.15) is 17.3 Å². The smallest absolute Gasteiger partial charge is 0.387 e. The molecule has 0 aliphatic carbocycles. The van der Waals surface area contributed by atoms with Crippen LogP contribution in [0.25, 0.3) is 5.69 Å². The Labute approximate surface area is 183 Å². The molecule has 0 atom stereocenters. The van der Waals surface area contributed by atoms with Crippen LogP contribution in [-0.2, 0) is 13.1 Å². The first-order valence-electron chi connectivity index (χ1n) is 9.90. The van der Waals surface area contributed by atoms with Crippen LogP contribution < -0.4 is 20.1 Å². The molecule has 1 heterocycles. The number of nitrogens with one attached hydrogen (secondary N) is 2. The average molecular weight is 447 g/mol. The average Bonchev–Trinajstić information content (AvgIpc) is 3.30. The Morgan fingerprint density at radius 3 is 2.69 bits per heavy atom. The molecule has 2 N–H and O–H groups in total. The van der Waals surface area contributed by atoms with E-state index in [0.717, 1.165) is 0 Å². The van der Waals surface area contributed by atoms with Crippen LogP contribution in [0.15, 0.2) is 60.1 Å². The van der Waals surface area contributed by atoms with E-state index < -0.39 is 6.61 Å². The standard InChI is InChI=1S/C22H24F3N5O2/c1-3-27-22(29-13-16-11-17(31-2)5-7-20(16)32-21(24)25)28-12-15-4-6-19(18(23)10-15)30-9-8-26-14-30/h4-11,14,21H,3,12-13H2,1-2H3,(H2,27,28,29). The molecule has 3 aromatic rings. The molecule has 0 saturated heterocycles. The fourth-order valence-electron chi connectivity index (χ4n) is 2.98. The molecule has 0 bridgehead atoms. The highest BCUT2D eigenvalue weighted by atomic mass is 19.3. The quantitative estimate of drug-likeness (QED) is 0.385. The fourth-order valence-corrected chi connectivity index (χ4v) is 2.98. The Morgan fingerprint density at radius 2 is 2.03 bits per heavy atom. The second-order valence-corrected chi connectivity index (χ2v) is 6.66. The molecule has 7 nitrogen and oxygen atoms in total. The minimum Gasteiger partial charge on any atom is -0.497 e. The first-order chi connectivity index (χ1) is 15.5. The number of alkyl halides is 2. The zero-order valence-electron chi connectivity index (χ0n) is 17.7. The van der Waals surface area contributed by atoms with Gasteiger partial charge in [0, 0.05) is 31.0 Å². The van der Waals surface area contributed by atoms with Crippen molar-refractivity contribution in [2.24, 2.45) is 4.99 Å². The van der Waals surface area contributed by atoms with Gasteiger partial charge in [-0.15, -0.1) is 0 Å². The van der Waals surface area contributed by atoms with Gasteiger partial charge in [0.05, 0.1) is 25.7 Å². The number of methoxy groups -OCH3 is 1. The number of rotatable bonds is 9. The van der Waals surface area contributed by atoms with Gasteiger partial charge in [0.15, 0.2) is 5.96 Å². The number of ether oxygens (including phenoxy) is 2. The van der Waals surface area contributed by atoms with Crippen molar-refractivity contribution in [3.05, 3.63) is 72.1 Å². The molecule has 1 aromatic heterocycles. The molecule has 170 valence electrons. The SMILES string of the molecule is CCNC(=NCc1ccc(-n2ccnc2)c(F)c1)NCc1cc(OC)ccc1OC(F)F. The van der Waals surface area contributed by atoms with Crippen molar-refractivity contribution >= 4 is 5.96 Å². The third-order valence-corrected chi connectivity index (χ3v) is 4.49. The van der Waals surface area contributed by atoms with Crippen LogP contribution in [0.1, 0.15) is 18.1 Å². The minimum atomic E-state index is -2.94. The highest BCUT2D eigenvalue weighted by Crippen LogP contribution is 2.25. The number of hydrogen-bond acceptors (Lipinski definition) is 4. The summed E-state index contributed by atoms with van der Waals surface area (Å²) in [6, 6.07) is 9.44. The molecule has 0 radical (unpaired) electrons. The van der Waals surface area contributed by atoms with E-state index in [-0.39, 0.29) is 24.7 Å². The third-order valence-electron chi connectivity index (χ3n) is 4.49. The first kappa shape index (κ1) is 23.0. The van der Waals surface area contributed by atoms with Gasteiger partial charge in [-0.3, -0.25) is 0 Å². The van der Waals surface area contributed by atoms with Crippen molar-refractivity contribution < 1.29 is 22.6 Å². The second kappa shape index (κ2) is 11.1. The summed E-state index contributed by atoms with van der Waals surface area (Å²) in [5.41, 5.74) is 1.54. The van der Waals surface area contributed by atoms with Crippen LogP contribution in [-0.4, -0.2) is 35.8 Å². The third kappa shape index (κ3) is 6.16. The zero-order valence-corrected chi connectivity index (χ0v) is 17.7. The number of guanidine groups is 1. The molecule has 0 aliphatic heterocycles. The lowest BCUT2D eigenvalue weighted by Gasteiger charge is -2.15. The van der Waals surface area contributed by atoms with Crippen molar-refractivity contribution in [3.8, 4) is 17.2 Å². The topological polar surface area (TPSA) is 72.7 Å². The highest BCUT2D eigenvalue weighted by Gasteiger charge is 2.12. The van der Waals surface area contributed by atoms with E-state index in [1.54, 1.807) is 41.2 Å². The van der Waals surface area contributed by atoms with E-state index in [0.29, 0.717) is 35.1 Å². The van der Waals surface area contributed by atoms with Crippen LogP contribution >= 0.6 is 0 Å². The van der Waals surface area contributed by atoms with E-state index >= 15 is 0 Å². The fraction of sp³-hybridized carbons (Fsp3) is 0.273. The van der Waals surface area contributed by atoms with E-state index in [4.69, 9.17) is 4.74 Å². The van der Waals surface area contributed by atoms with Crippen LogP contribution in [0, 0.1) is 5.82 Å². The van der Waals surface area contributed by atoms with Gasteiger partial charge in [0.2, 0.25) is 0 Å². The van der Waals surface area contributed by atoms with Crippen molar-refractivity contribution in [3.63, 3.8) is 0 Å². The highest BCUT2D eigenvalue weighted by molar-refractivity contribution is 5.79. The Balaban J connectivity index is 1.71. The Morgan fingerprint density at radius 1 is 1.19 bits per heavy atom. The minimum absolute atomic E-state index is 0.0429. The molecule has 0 saturated carbocycles. The zero-order chi connectivity index (χ0) is 22.9. The Kier molecular flexibility index (Phi) is 7.96. The van der Waals surface area contributed by atoms with E-state index in [1.807, 2.05) is 6.92 Å². The normalized spacial score (nSPS) is 11.5. The largest absolute Gasteiger partial charge is 0.497 e. The number of hydrogen-bond donors (Lipinski definition) is 2. The summed E-state index contributed by atoms with van der Waals surface area (Å²) in [5.74, 6) is 0.608. The summed E-state index contributed by atoms with van der Waals surface area (Å²) >= 11 is 0. The lowest BCUT2D eigenvalue weighted by molar-refractivity contribution is -0.0505. The number of halogens is 3. The number of aromatic nitrogens is 2. The number of imidazole rings is 1. The lowest BCUT2D eigenvalue weighted by atomic mass is 10.2. The monoisotopic (exact) mass is 447 g/mol. The Hall–Kier alpha value is -3.69. The molecule has 0 fully saturated rings. The summed E-state index contributed by atoms with van der Waals surface area (Å²) in [4.78, 5) is 8.37. The van der Waals surface area contributed by atoms with Crippen LogP contribution in [0.5, 0.6) is 11.5 Å². The molecule has 0 amide bonds. The maximum Gasteiger partial charge on any atom is 0.387 e. The van der Waals surface area contributed by atoms with E-state index in [9.17, 15) is 13.2 Å². The summed E-state index contributed by atoms with van der Waals surface area (Å²) in [6.07, 6.45) is 4.76. The van der Waals surface area contributed by atoms with Crippen molar-refractivity contribution in [1.29, 1.82) is 0 Å². The van der Waals surface area contributed by atoms with Gasteiger partial charge in [-0.25, -0.2) is 14.4 Å². The maximum atomic E-state index is 14.5. The molecule has 2 aromatic carbocycles. The van der Waals surface area contributed by atoms with Crippen LogP contribution in [0.2, 0.25) is 0 Å². The van der Waals surface area contributed by atoms with Gasteiger partial charge in [-0.05, 0) is 42.8 Å². The molecule has 3 rings (SSSR count). The van der Waals surface area contributed by atoms with Gasteiger partial charge in [-0.1, -0.05) is 6.07 Å².